The van der Waals surface area contributed by atoms with Gasteiger partial charge < -0.3 is 10.2 Å². The number of nitrogens with zero attached hydrogens (tertiary/aromatic N) is 1. The van der Waals surface area contributed by atoms with E-state index in [2.05, 4.69) is 12.2 Å². The zero-order valence-corrected chi connectivity index (χ0v) is 11.8. The molecule has 4 heteroatoms. The minimum Gasteiger partial charge on any atom is -0.341 e. The SMILES string of the molecule is CC1CCCC(N(C)C(=O)C2CSCCN2)C1. The summed E-state index contributed by atoms with van der Waals surface area (Å²) in [7, 11) is 1.99. The molecule has 1 heterocycles. The summed E-state index contributed by atoms with van der Waals surface area (Å²) in [5.41, 5.74) is 0. The molecule has 1 aliphatic carbocycles. The molecular weight excluding hydrogens is 232 g/mol. The number of rotatable bonds is 2. The number of thioether (sulfide) groups is 1. The third-order valence-corrected chi connectivity index (χ3v) is 5.09. The number of nitrogens with one attached hydrogen (secondary N) is 1. The van der Waals surface area contributed by atoms with Crippen LogP contribution in [0.3, 0.4) is 0 Å². The second-order valence-corrected chi connectivity index (χ2v) is 6.61. The summed E-state index contributed by atoms with van der Waals surface area (Å²) in [6.07, 6.45) is 4.97. The number of carbonyl (C=O) groups excluding carboxylic acids is 1. The summed E-state index contributed by atoms with van der Waals surface area (Å²) in [5.74, 6) is 3.15. The first-order valence-corrected chi connectivity index (χ1v) is 7.91. The highest BCUT2D eigenvalue weighted by molar-refractivity contribution is 7.99. The highest BCUT2D eigenvalue weighted by atomic mass is 32.2. The Balaban J connectivity index is 1.89. The lowest BCUT2D eigenvalue weighted by Gasteiger charge is -2.36. The molecule has 1 amide bonds. The number of amides is 1. The molecule has 98 valence electrons. The van der Waals surface area contributed by atoms with Crippen LogP contribution in [0.5, 0.6) is 0 Å². The van der Waals surface area contributed by atoms with Gasteiger partial charge in [-0.25, -0.2) is 0 Å². The van der Waals surface area contributed by atoms with Gasteiger partial charge in [0.1, 0.15) is 0 Å². The van der Waals surface area contributed by atoms with Gasteiger partial charge in [0.15, 0.2) is 0 Å². The molecular formula is C13H24N2OS. The van der Waals surface area contributed by atoms with Gasteiger partial charge in [0, 0.05) is 31.1 Å². The van der Waals surface area contributed by atoms with E-state index in [4.69, 9.17) is 0 Å². The van der Waals surface area contributed by atoms with Gasteiger partial charge in [0.25, 0.3) is 0 Å². The maximum Gasteiger partial charge on any atom is 0.240 e. The Hall–Kier alpha value is -0.220. The van der Waals surface area contributed by atoms with Crippen molar-refractivity contribution >= 4 is 17.7 Å². The van der Waals surface area contributed by atoms with Gasteiger partial charge in [-0.3, -0.25) is 4.79 Å². The lowest BCUT2D eigenvalue weighted by molar-refractivity contribution is -0.134. The summed E-state index contributed by atoms with van der Waals surface area (Å²) < 4.78 is 0. The van der Waals surface area contributed by atoms with Gasteiger partial charge in [-0.05, 0) is 18.8 Å². The number of hydrogen-bond acceptors (Lipinski definition) is 3. The van der Waals surface area contributed by atoms with E-state index in [1.165, 1.54) is 25.7 Å². The van der Waals surface area contributed by atoms with E-state index in [0.717, 1.165) is 24.0 Å². The van der Waals surface area contributed by atoms with E-state index in [-0.39, 0.29) is 6.04 Å². The van der Waals surface area contributed by atoms with E-state index in [1.54, 1.807) is 0 Å². The summed E-state index contributed by atoms with van der Waals surface area (Å²) in [6.45, 7) is 3.27. The van der Waals surface area contributed by atoms with Crippen LogP contribution in [0.15, 0.2) is 0 Å². The predicted molar refractivity (Wildman–Crippen MR) is 73.3 cm³/mol. The lowest BCUT2D eigenvalue weighted by atomic mass is 9.86. The molecule has 2 aliphatic rings. The molecule has 0 bridgehead atoms. The van der Waals surface area contributed by atoms with Crippen LogP contribution >= 0.6 is 11.8 Å². The summed E-state index contributed by atoms with van der Waals surface area (Å²) >= 11 is 1.89. The van der Waals surface area contributed by atoms with E-state index in [0.29, 0.717) is 11.9 Å². The fraction of sp³-hybridized carbons (Fsp3) is 0.923. The largest absolute Gasteiger partial charge is 0.341 e. The molecule has 2 rings (SSSR count). The zero-order chi connectivity index (χ0) is 12.3. The Morgan fingerprint density at radius 3 is 2.88 bits per heavy atom. The van der Waals surface area contributed by atoms with Gasteiger partial charge in [-0.2, -0.15) is 11.8 Å². The van der Waals surface area contributed by atoms with Crippen LogP contribution in [-0.2, 0) is 4.79 Å². The first kappa shape index (κ1) is 13.2. The summed E-state index contributed by atoms with van der Waals surface area (Å²) in [4.78, 5) is 14.4. The fourth-order valence-corrected chi connectivity index (χ4v) is 3.83. The average molecular weight is 256 g/mol. The molecule has 3 atom stereocenters. The quantitative estimate of drug-likeness (QED) is 0.816. The van der Waals surface area contributed by atoms with Crippen LogP contribution in [0.2, 0.25) is 0 Å². The lowest BCUT2D eigenvalue weighted by Crippen LogP contribution is -2.52. The van der Waals surface area contributed by atoms with Gasteiger partial charge >= 0.3 is 0 Å². The molecule has 3 unspecified atom stereocenters. The van der Waals surface area contributed by atoms with Crippen LogP contribution in [0.4, 0.5) is 0 Å². The molecule has 17 heavy (non-hydrogen) atoms. The van der Waals surface area contributed by atoms with Crippen molar-refractivity contribution in [3.8, 4) is 0 Å². The predicted octanol–water partition coefficient (Wildman–Crippen LogP) is 1.73. The second-order valence-electron chi connectivity index (χ2n) is 5.46. The Labute approximate surface area is 109 Å². The number of likely N-dealkylation sites (N-methyl/N-ethyl adjacent to an activating group) is 1. The zero-order valence-electron chi connectivity index (χ0n) is 10.9. The maximum absolute atomic E-state index is 12.4. The molecule has 0 aromatic heterocycles. The Morgan fingerprint density at radius 2 is 2.24 bits per heavy atom. The standard InChI is InChI=1S/C13H24N2OS/c1-10-4-3-5-11(8-10)15(2)13(16)12-9-17-7-6-14-12/h10-12,14H,3-9H2,1-2H3. The van der Waals surface area contributed by atoms with Crippen molar-refractivity contribution in [1.29, 1.82) is 0 Å². The molecule has 0 aromatic rings. The first-order valence-electron chi connectivity index (χ1n) is 6.76. The van der Waals surface area contributed by atoms with E-state index < -0.39 is 0 Å². The molecule has 1 N–H and O–H groups in total. The molecule has 1 saturated heterocycles. The van der Waals surface area contributed by atoms with Crippen molar-refractivity contribution in [3.05, 3.63) is 0 Å². The maximum atomic E-state index is 12.4. The van der Waals surface area contributed by atoms with E-state index in [9.17, 15) is 4.79 Å². The van der Waals surface area contributed by atoms with Crippen molar-refractivity contribution in [1.82, 2.24) is 10.2 Å². The van der Waals surface area contributed by atoms with Gasteiger partial charge in [-0.15, -0.1) is 0 Å². The molecule has 1 aliphatic heterocycles. The average Bonchev–Trinajstić information content (AvgIpc) is 2.38. The molecule has 0 spiro atoms. The normalized spacial score (nSPS) is 34.4. The van der Waals surface area contributed by atoms with Crippen LogP contribution in [0.1, 0.15) is 32.6 Å². The number of hydrogen-bond donors (Lipinski definition) is 1. The van der Waals surface area contributed by atoms with Crippen molar-refractivity contribution in [2.45, 2.75) is 44.7 Å². The van der Waals surface area contributed by atoms with Crippen LogP contribution in [-0.4, -0.2) is 48.0 Å². The van der Waals surface area contributed by atoms with Gasteiger partial charge in [-0.1, -0.05) is 19.8 Å². The van der Waals surface area contributed by atoms with Gasteiger partial charge in [0.05, 0.1) is 6.04 Å². The highest BCUT2D eigenvalue weighted by Gasteiger charge is 2.30. The minimum atomic E-state index is 0.0518. The van der Waals surface area contributed by atoms with Crippen LogP contribution in [0.25, 0.3) is 0 Å². The highest BCUT2D eigenvalue weighted by Crippen LogP contribution is 2.27. The molecule has 0 aromatic carbocycles. The molecule has 1 saturated carbocycles. The van der Waals surface area contributed by atoms with Crippen molar-refractivity contribution in [2.24, 2.45) is 5.92 Å². The van der Waals surface area contributed by atoms with Crippen molar-refractivity contribution in [2.75, 3.05) is 25.1 Å². The van der Waals surface area contributed by atoms with Crippen molar-refractivity contribution < 1.29 is 4.79 Å². The smallest absolute Gasteiger partial charge is 0.240 e. The van der Waals surface area contributed by atoms with Crippen molar-refractivity contribution in [3.63, 3.8) is 0 Å². The third-order valence-electron chi connectivity index (χ3n) is 4.02. The summed E-state index contributed by atoms with van der Waals surface area (Å²) in [5, 5.41) is 3.34. The topological polar surface area (TPSA) is 32.3 Å². The Kier molecular flexibility index (Phi) is 4.74. The number of carbonyl (C=O) groups is 1. The third kappa shape index (κ3) is 3.38. The van der Waals surface area contributed by atoms with E-state index >= 15 is 0 Å². The summed E-state index contributed by atoms with van der Waals surface area (Å²) in [6, 6.07) is 0.524. The minimum absolute atomic E-state index is 0.0518. The molecule has 0 radical (unpaired) electrons. The molecule has 2 fully saturated rings. The Bertz CT molecular complexity index is 266. The van der Waals surface area contributed by atoms with Crippen LogP contribution in [0, 0.1) is 5.92 Å². The fourth-order valence-electron chi connectivity index (χ4n) is 2.90. The monoisotopic (exact) mass is 256 g/mol. The Morgan fingerprint density at radius 1 is 1.41 bits per heavy atom. The van der Waals surface area contributed by atoms with Crippen LogP contribution < -0.4 is 5.32 Å². The second kappa shape index (κ2) is 6.10. The van der Waals surface area contributed by atoms with E-state index in [1.807, 2.05) is 23.7 Å². The molecule has 3 nitrogen and oxygen atoms in total. The van der Waals surface area contributed by atoms with Gasteiger partial charge in [0.2, 0.25) is 5.91 Å². The first-order chi connectivity index (χ1) is 8.18.